The molecule has 0 aliphatic carbocycles. The van der Waals surface area contributed by atoms with Crippen LogP contribution in [0.25, 0.3) is 0 Å². The number of nitro groups is 1. The number of rotatable bonds is 3. The van der Waals surface area contributed by atoms with E-state index in [4.69, 9.17) is 0 Å². The first-order valence-electron chi connectivity index (χ1n) is 4.03. The first-order chi connectivity index (χ1) is 6.15. The second-order valence-electron chi connectivity index (χ2n) is 2.64. The fourth-order valence-electron chi connectivity index (χ4n) is 1.09. The van der Waals surface area contributed by atoms with Crippen molar-refractivity contribution >= 4 is 17.4 Å². The van der Waals surface area contributed by atoms with Crippen LogP contribution in [0, 0.1) is 17.0 Å². The van der Waals surface area contributed by atoms with E-state index in [2.05, 4.69) is 6.92 Å². The summed E-state index contributed by atoms with van der Waals surface area (Å²) in [5.41, 5.74) is 0.920. The molecule has 0 N–H and O–H groups in total. The molecule has 13 heavy (non-hydrogen) atoms. The summed E-state index contributed by atoms with van der Waals surface area (Å²) in [4.78, 5) is 11.2. The highest BCUT2D eigenvalue weighted by molar-refractivity contribution is 7.99. The molecule has 1 aromatic rings. The average molecular weight is 197 g/mol. The van der Waals surface area contributed by atoms with Gasteiger partial charge in [-0.05, 0) is 24.8 Å². The van der Waals surface area contributed by atoms with Crippen LogP contribution in [0.1, 0.15) is 12.5 Å². The van der Waals surface area contributed by atoms with Crippen LogP contribution in [0.15, 0.2) is 23.1 Å². The van der Waals surface area contributed by atoms with Gasteiger partial charge in [-0.2, -0.15) is 0 Å². The van der Waals surface area contributed by atoms with Crippen molar-refractivity contribution < 1.29 is 4.92 Å². The van der Waals surface area contributed by atoms with E-state index in [1.54, 1.807) is 30.8 Å². The van der Waals surface area contributed by atoms with E-state index in [1.807, 2.05) is 6.07 Å². The van der Waals surface area contributed by atoms with Gasteiger partial charge in [0.15, 0.2) is 0 Å². The first kappa shape index (κ1) is 10.1. The molecule has 3 nitrogen and oxygen atoms in total. The third kappa shape index (κ3) is 2.45. The maximum atomic E-state index is 10.5. The Balaban J connectivity index is 2.98. The fourth-order valence-corrected chi connectivity index (χ4v) is 1.85. The molecule has 0 bridgehead atoms. The highest BCUT2D eigenvalue weighted by Crippen LogP contribution is 2.24. The molecule has 0 saturated carbocycles. The minimum absolute atomic E-state index is 0.195. The van der Waals surface area contributed by atoms with Crippen LogP contribution in [0.3, 0.4) is 0 Å². The molecule has 0 aliphatic rings. The Kier molecular flexibility index (Phi) is 3.31. The first-order valence-corrected chi connectivity index (χ1v) is 5.01. The van der Waals surface area contributed by atoms with Gasteiger partial charge in [0, 0.05) is 16.5 Å². The predicted octanol–water partition coefficient (Wildman–Crippen LogP) is 3.02. The third-order valence-corrected chi connectivity index (χ3v) is 2.55. The second-order valence-corrected chi connectivity index (χ2v) is 3.98. The van der Waals surface area contributed by atoms with Gasteiger partial charge in [0.05, 0.1) is 4.92 Å². The zero-order chi connectivity index (χ0) is 9.84. The molecule has 0 amide bonds. The zero-order valence-corrected chi connectivity index (χ0v) is 8.43. The second kappa shape index (κ2) is 4.28. The molecule has 1 aromatic carbocycles. The van der Waals surface area contributed by atoms with E-state index in [1.165, 1.54) is 0 Å². The number of benzene rings is 1. The lowest BCUT2D eigenvalue weighted by Gasteiger charge is -2.00. The van der Waals surface area contributed by atoms with Crippen LogP contribution in [0.2, 0.25) is 0 Å². The Bertz CT molecular complexity index is 325. The number of nitro benzene ring substituents is 1. The lowest BCUT2D eigenvalue weighted by atomic mass is 10.2. The van der Waals surface area contributed by atoms with Crippen LogP contribution in [-0.2, 0) is 0 Å². The number of hydrogen-bond acceptors (Lipinski definition) is 3. The molecular weight excluding hydrogens is 186 g/mol. The standard InChI is InChI=1S/C9H11NO2S/c1-3-13-8-4-5-9(10(11)12)7(2)6-8/h4-6H,3H2,1-2H3. The molecule has 0 heterocycles. The molecule has 0 aliphatic heterocycles. The minimum Gasteiger partial charge on any atom is -0.258 e. The van der Waals surface area contributed by atoms with Crippen molar-refractivity contribution in [2.24, 2.45) is 0 Å². The van der Waals surface area contributed by atoms with Crippen LogP contribution >= 0.6 is 11.8 Å². The molecule has 0 saturated heterocycles. The van der Waals surface area contributed by atoms with Gasteiger partial charge in [0.2, 0.25) is 0 Å². The van der Waals surface area contributed by atoms with Gasteiger partial charge in [-0.3, -0.25) is 10.1 Å². The van der Waals surface area contributed by atoms with E-state index >= 15 is 0 Å². The minimum atomic E-state index is -0.351. The van der Waals surface area contributed by atoms with Crippen molar-refractivity contribution in [3.05, 3.63) is 33.9 Å². The van der Waals surface area contributed by atoms with Crippen molar-refractivity contribution in [2.45, 2.75) is 18.7 Å². The monoisotopic (exact) mass is 197 g/mol. The normalized spacial score (nSPS) is 10.0. The van der Waals surface area contributed by atoms with Crippen LogP contribution in [0.5, 0.6) is 0 Å². The van der Waals surface area contributed by atoms with Gasteiger partial charge in [-0.15, -0.1) is 11.8 Å². The van der Waals surface area contributed by atoms with Crippen LogP contribution < -0.4 is 0 Å². The topological polar surface area (TPSA) is 43.1 Å². The lowest BCUT2D eigenvalue weighted by Crippen LogP contribution is -1.91. The zero-order valence-electron chi connectivity index (χ0n) is 7.61. The van der Waals surface area contributed by atoms with E-state index in [0.717, 1.165) is 16.2 Å². The maximum absolute atomic E-state index is 10.5. The number of hydrogen-bond donors (Lipinski definition) is 0. The molecule has 4 heteroatoms. The Hall–Kier alpha value is -1.03. The van der Waals surface area contributed by atoms with E-state index in [0.29, 0.717) is 0 Å². The average Bonchev–Trinajstić information content (AvgIpc) is 2.04. The Labute approximate surface area is 81.3 Å². The molecular formula is C9H11NO2S. The van der Waals surface area contributed by atoms with E-state index < -0.39 is 0 Å². The summed E-state index contributed by atoms with van der Waals surface area (Å²) in [7, 11) is 0. The smallest absolute Gasteiger partial charge is 0.258 e. The van der Waals surface area contributed by atoms with Gasteiger partial charge < -0.3 is 0 Å². The molecule has 0 fully saturated rings. The highest BCUT2D eigenvalue weighted by Gasteiger charge is 2.09. The van der Waals surface area contributed by atoms with Crippen molar-refractivity contribution in [1.82, 2.24) is 0 Å². The fraction of sp³-hybridized carbons (Fsp3) is 0.333. The van der Waals surface area contributed by atoms with Crippen molar-refractivity contribution in [2.75, 3.05) is 5.75 Å². The van der Waals surface area contributed by atoms with E-state index in [9.17, 15) is 10.1 Å². The number of nitrogens with zero attached hydrogens (tertiary/aromatic N) is 1. The summed E-state index contributed by atoms with van der Waals surface area (Å²) in [6.07, 6.45) is 0. The summed E-state index contributed by atoms with van der Waals surface area (Å²) in [5.74, 6) is 0.983. The highest BCUT2D eigenvalue weighted by atomic mass is 32.2. The summed E-state index contributed by atoms with van der Waals surface area (Å²) in [6.45, 7) is 3.82. The van der Waals surface area contributed by atoms with Gasteiger partial charge in [0.1, 0.15) is 0 Å². The Morgan fingerprint density at radius 3 is 2.69 bits per heavy atom. The Morgan fingerprint density at radius 1 is 1.54 bits per heavy atom. The molecule has 0 atom stereocenters. The number of aryl methyl sites for hydroxylation is 1. The summed E-state index contributed by atoms with van der Waals surface area (Å²) < 4.78 is 0. The van der Waals surface area contributed by atoms with Crippen LogP contribution in [-0.4, -0.2) is 10.7 Å². The number of thioether (sulfide) groups is 1. The van der Waals surface area contributed by atoms with E-state index in [-0.39, 0.29) is 10.6 Å². The molecule has 1 rings (SSSR count). The molecule has 70 valence electrons. The van der Waals surface area contributed by atoms with Gasteiger partial charge in [-0.1, -0.05) is 6.92 Å². The SMILES string of the molecule is CCSc1ccc([N+](=O)[O-])c(C)c1. The quantitative estimate of drug-likeness (QED) is 0.425. The van der Waals surface area contributed by atoms with Crippen molar-refractivity contribution in [3.8, 4) is 0 Å². The summed E-state index contributed by atoms with van der Waals surface area (Å²) in [5, 5.41) is 10.5. The largest absolute Gasteiger partial charge is 0.272 e. The van der Waals surface area contributed by atoms with Crippen LogP contribution in [0.4, 0.5) is 5.69 Å². The van der Waals surface area contributed by atoms with Crippen molar-refractivity contribution in [1.29, 1.82) is 0 Å². The third-order valence-electron chi connectivity index (χ3n) is 1.68. The lowest BCUT2D eigenvalue weighted by molar-refractivity contribution is -0.385. The predicted molar refractivity (Wildman–Crippen MR) is 54.2 cm³/mol. The van der Waals surface area contributed by atoms with Gasteiger partial charge in [-0.25, -0.2) is 0 Å². The summed E-state index contributed by atoms with van der Waals surface area (Å²) >= 11 is 1.69. The molecule has 0 unspecified atom stereocenters. The molecule has 0 radical (unpaired) electrons. The molecule has 0 spiro atoms. The van der Waals surface area contributed by atoms with Crippen molar-refractivity contribution in [3.63, 3.8) is 0 Å². The van der Waals surface area contributed by atoms with Gasteiger partial charge in [0.25, 0.3) is 5.69 Å². The van der Waals surface area contributed by atoms with Gasteiger partial charge >= 0.3 is 0 Å². The molecule has 0 aromatic heterocycles. The summed E-state index contributed by atoms with van der Waals surface area (Å²) in [6, 6.07) is 5.21. The Morgan fingerprint density at radius 2 is 2.23 bits per heavy atom. The maximum Gasteiger partial charge on any atom is 0.272 e.